The number of aliphatic hydroxyl groups is 1. The van der Waals surface area contributed by atoms with Crippen molar-refractivity contribution in [2.75, 3.05) is 6.61 Å². The number of halogens is 2. The SMILES string of the molecule is C#Cc1cc(C)c2cc(C(=O)c3c(Cl)ccc(C(=O)CCCC(CCC)CCO)c3Cl)n(C)c2c1. The monoisotopic (exact) mass is 511 g/mol. The minimum absolute atomic E-state index is 0.0826. The summed E-state index contributed by atoms with van der Waals surface area (Å²) in [6.07, 6.45) is 10.3. The number of benzene rings is 2. The van der Waals surface area contributed by atoms with Crippen LogP contribution in [0.3, 0.4) is 0 Å². The van der Waals surface area contributed by atoms with Crippen LogP contribution < -0.4 is 0 Å². The summed E-state index contributed by atoms with van der Waals surface area (Å²) >= 11 is 13.1. The van der Waals surface area contributed by atoms with Crippen molar-refractivity contribution in [3.05, 3.63) is 68.3 Å². The Balaban J connectivity index is 1.90. The van der Waals surface area contributed by atoms with Gasteiger partial charge >= 0.3 is 0 Å². The molecular formula is C29H31Cl2NO3. The molecule has 2 aromatic carbocycles. The molecule has 35 heavy (non-hydrogen) atoms. The lowest BCUT2D eigenvalue weighted by molar-refractivity contribution is 0.0977. The van der Waals surface area contributed by atoms with Crippen molar-refractivity contribution in [2.24, 2.45) is 13.0 Å². The second-order valence-corrected chi connectivity index (χ2v) is 9.84. The number of aryl methyl sites for hydroxylation is 2. The molecule has 0 saturated heterocycles. The van der Waals surface area contributed by atoms with Crippen LogP contribution in [0.15, 0.2) is 30.3 Å². The second-order valence-electron chi connectivity index (χ2n) is 9.05. The Labute approximate surface area is 217 Å². The molecule has 0 radical (unpaired) electrons. The van der Waals surface area contributed by atoms with Crippen molar-refractivity contribution in [3.8, 4) is 12.3 Å². The number of hydrogen-bond donors (Lipinski definition) is 1. The van der Waals surface area contributed by atoms with Gasteiger partial charge in [0.15, 0.2) is 5.78 Å². The molecule has 0 aliphatic rings. The van der Waals surface area contributed by atoms with E-state index in [9.17, 15) is 14.7 Å². The maximum atomic E-state index is 13.6. The van der Waals surface area contributed by atoms with E-state index in [0.29, 0.717) is 30.0 Å². The standard InChI is InChI=1S/C29H31Cl2NO3/c1-5-8-20(13-14-33)9-7-10-26(34)21-11-12-23(30)27(28(21)31)29(35)25-17-22-18(3)15-19(6-2)16-24(22)32(25)4/h2,11-12,15-17,20,33H,5,7-10,13-14H2,1,3-4H3. The van der Waals surface area contributed by atoms with Gasteiger partial charge in [-0.25, -0.2) is 0 Å². The van der Waals surface area contributed by atoms with Crippen molar-refractivity contribution in [3.63, 3.8) is 0 Å². The predicted octanol–water partition coefficient (Wildman–Crippen LogP) is 7.16. The fourth-order valence-electron chi connectivity index (χ4n) is 4.72. The van der Waals surface area contributed by atoms with E-state index < -0.39 is 0 Å². The molecule has 184 valence electrons. The molecule has 0 fully saturated rings. The number of nitrogens with zero attached hydrogens (tertiary/aromatic N) is 1. The van der Waals surface area contributed by atoms with Crippen LogP contribution in [0, 0.1) is 25.2 Å². The molecule has 0 bridgehead atoms. The number of terminal acetylenes is 1. The van der Waals surface area contributed by atoms with Crippen molar-refractivity contribution < 1.29 is 14.7 Å². The normalized spacial score (nSPS) is 12.0. The van der Waals surface area contributed by atoms with Gasteiger partial charge in [-0.3, -0.25) is 9.59 Å². The number of carbonyl (C=O) groups excluding carboxylic acids is 2. The van der Waals surface area contributed by atoms with Gasteiger partial charge in [0.05, 0.1) is 21.3 Å². The van der Waals surface area contributed by atoms with Crippen molar-refractivity contribution in [1.82, 2.24) is 4.57 Å². The molecule has 4 nitrogen and oxygen atoms in total. The number of rotatable bonds is 11. The Kier molecular flexibility index (Phi) is 9.19. The molecule has 1 unspecified atom stereocenters. The van der Waals surface area contributed by atoms with E-state index >= 15 is 0 Å². The maximum absolute atomic E-state index is 13.6. The van der Waals surface area contributed by atoms with Crippen molar-refractivity contribution >= 4 is 45.7 Å². The van der Waals surface area contributed by atoms with Crippen LogP contribution in [-0.4, -0.2) is 27.8 Å². The van der Waals surface area contributed by atoms with Gasteiger partial charge in [-0.1, -0.05) is 48.9 Å². The molecule has 0 spiro atoms. The van der Waals surface area contributed by atoms with Crippen molar-refractivity contribution in [1.29, 1.82) is 0 Å². The van der Waals surface area contributed by atoms with E-state index in [1.54, 1.807) is 23.7 Å². The van der Waals surface area contributed by atoms with Crippen LogP contribution in [0.25, 0.3) is 10.9 Å². The Morgan fingerprint density at radius 1 is 1.14 bits per heavy atom. The first-order valence-electron chi connectivity index (χ1n) is 12.0. The Bertz CT molecular complexity index is 1290. The first-order valence-corrected chi connectivity index (χ1v) is 12.7. The molecule has 0 amide bonds. The number of fused-ring (bicyclic) bond motifs is 1. The highest BCUT2D eigenvalue weighted by molar-refractivity contribution is 6.42. The molecule has 0 aliphatic heterocycles. The molecule has 1 atom stereocenters. The zero-order valence-electron chi connectivity index (χ0n) is 20.5. The highest BCUT2D eigenvalue weighted by atomic mass is 35.5. The molecular weight excluding hydrogens is 481 g/mol. The van der Waals surface area contributed by atoms with E-state index in [0.717, 1.165) is 47.7 Å². The molecule has 3 rings (SSSR count). The smallest absolute Gasteiger partial charge is 0.212 e. The van der Waals surface area contributed by atoms with Gasteiger partial charge in [-0.15, -0.1) is 6.42 Å². The zero-order valence-corrected chi connectivity index (χ0v) is 22.0. The van der Waals surface area contributed by atoms with Gasteiger partial charge < -0.3 is 9.67 Å². The summed E-state index contributed by atoms with van der Waals surface area (Å²) in [6, 6.07) is 8.73. The van der Waals surface area contributed by atoms with Gasteiger partial charge in [0.2, 0.25) is 5.78 Å². The highest BCUT2D eigenvalue weighted by Gasteiger charge is 2.25. The number of aromatic nitrogens is 1. The zero-order chi connectivity index (χ0) is 25.7. The third-order valence-corrected chi connectivity index (χ3v) is 7.34. The summed E-state index contributed by atoms with van der Waals surface area (Å²) < 4.78 is 1.78. The van der Waals surface area contributed by atoms with Crippen LogP contribution in [0.4, 0.5) is 0 Å². The van der Waals surface area contributed by atoms with Crippen LogP contribution in [-0.2, 0) is 7.05 Å². The van der Waals surface area contributed by atoms with E-state index in [1.165, 1.54) is 0 Å². The third-order valence-electron chi connectivity index (χ3n) is 6.64. The first kappa shape index (κ1) is 27.0. The second kappa shape index (κ2) is 11.9. The minimum atomic E-state index is -0.346. The molecule has 0 aliphatic carbocycles. The molecule has 3 aromatic rings. The van der Waals surface area contributed by atoms with E-state index in [-0.39, 0.29) is 33.8 Å². The summed E-state index contributed by atoms with van der Waals surface area (Å²) in [5.41, 5.74) is 3.39. The molecule has 6 heteroatoms. The van der Waals surface area contributed by atoms with Crippen molar-refractivity contribution in [2.45, 2.75) is 52.4 Å². The summed E-state index contributed by atoms with van der Waals surface area (Å²) in [6.45, 7) is 4.22. The molecule has 1 aromatic heterocycles. The number of carbonyl (C=O) groups is 2. The lowest BCUT2D eigenvalue weighted by atomic mass is 9.92. The van der Waals surface area contributed by atoms with Gasteiger partial charge in [0.1, 0.15) is 0 Å². The van der Waals surface area contributed by atoms with Gasteiger partial charge in [0, 0.05) is 42.1 Å². The van der Waals surface area contributed by atoms with Gasteiger partial charge in [0.25, 0.3) is 0 Å². The average molecular weight is 512 g/mol. The highest BCUT2D eigenvalue weighted by Crippen LogP contribution is 2.33. The summed E-state index contributed by atoms with van der Waals surface area (Å²) in [5, 5.41) is 10.5. The average Bonchev–Trinajstić information content (AvgIpc) is 3.16. The fourth-order valence-corrected chi connectivity index (χ4v) is 5.37. The van der Waals surface area contributed by atoms with Crippen LogP contribution >= 0.6 is 23.2 Å². The van der Waals surface area contributed by atoms with E-state index in [1.807, 2.05) is 25.1 Å². The topological polar surface area (TPSA) is 59.3 Å². The number of ketones is 2. The molecule has 1 N–H and O–H groups in total. The van der Waals surface area contributed by atoms with Crippen LogP contribution in [0.1, 0.15) is 83.0 Å². The quantitative estimate of drug-likeness (QED) is 0.219. The predicted molar refractivity (Wildman–Crippen MR) is 144 cm³/mol. The summed E-state index contributed by atoms with van der Waals surface area (Å²) in [5.74, 6) is 2.58. The number of Topliss-reactive ketones (excluding diaryl/α,β-unsaturated/α-hetero) is 1. The van der Waals surface area contributed by atoms with Crippen LogP contribution in [0.5, 0.6) is 0 Å². The summed E-state index contributed by atoms with van der Waals surface area (Å²) in [7, 11) is 1.80. The Morgan fingerprint density at radius 3 is 2.54 bits per heavy atom. The van der Waals surface area contributed by atoms with E-state index in [4.69, 9.17) is 29.6 Å². The number of aliphatic hydroxyl groups excluding tert-OH is 1. The molecule has 0 saturated carbocycles. The lowest BCUT2D eigenvalue weighted by Crippen LogP contribution is -2.11. The maximum Gasteiger partial charge on any atom is 0.212 e. The Hall–Kier alpha value is -2.58. The summed E-state index contributed by atoms with van der Waals surface area (Å²) in [4.78, 5) is 26.6. The van der Waals surface area contributed by atoms with Gasteiger partial charge in [-0.05, 0) is 68.0 Å². The molecule has 1 heterocycles. The van der Waals surface area contributed by atoms with Crippen LogP contribution in [0.2, 0.25) is 10.0 Å². The lowest BCUT2D eigenvalue weighted by Gasteiger charge is -2.15. The number of hydrogen-bond acceptors (Lipinski definition) is 3. The largest absolute Gasteiger partial charge is 0.396 e. The Morgan fingerprint density at radius 2 is 1.89 bits per heavy atom. The minimum Gasteiger partial charge on any atom is -0.396 e. The van der Waals surface area contributed by atoms with E-state index in [2.05, 4.69) is 12.8 Å². The third kappa shape index (κ3) is 5.81. The van der Waals surface area contributed by atoms with Gasteiger partial charge in [-0.2, -0.15) is 0 Å². The fraction of sp³-hybridized carbons (Fsp3) is 0.379. The first-order chi connectivity index (χ1) is 16.7.